The van der Waals surface area contributed by atoms with Gasteiger partial charge in [-0.1, -0.05) is 42.5 Å². The molecule has 0 atom stereocenters. The highest BCUT2D eigenvalue weighted by molar-refractivity contribution is 7.25. The Labute approximate surface area is 196 Å². The number of nitro groups is 1. The Morgan fingerprint density at radius 1 is 1.15 bits per heavy atom. The van der Waals surface area contributed by atoms with Gasteiger partial charge in [-0.05, 0) is 18.6 Å². The Morgan fingerprint density at radius 3 is 2.59 bits per heavy atom. The van der Waals surface area contributed by atoms with Crippen molar-refractivity contribution in [2.75, 3.05) is 6.61 Å². The molecule has 2 aromatic carbocycles. The second kappa shape index (κ2) is 8.38. The normalized spacial score (nSPS) is 10.9. The van der Waals surface area contributed by atoms with Crippen molar-refractivity contribution in [2.45, 2.75) is 6.92 Å². The van der Waals surface area contributed by atoms with Crippen LogP contribution in [0.4, 0.5) is 5.69 Å². The maximum absolute atomic E-state index is 13.1. The van der Waals surface area contributed by atoms with E-state index in [1.54, 1.807) is 19.1 Å². The highest BCUT2D eigenvalue weighted by Gasteiger charge is 2.25. The Kier molecular flexibility index (Phi) is 5.24. The Bertz CT molecular complexity index is 1690. The van der Waals surface area contributed by atoms with E-state index in [4.69, 9.17) is 4.74 Å². The lowest BCUT2D eigenvalue weighted by atomic mass is 9.98. The zero-order chi connectivity index (χ0) is 23.8. The average Bonchev–Trinajstić information content (AvgIpc) is 3.22. The van der Waals surface area contributed by atoms with Crippen molar-refractivity contribution in [3.63, 3.8) is 0 Å². The van der Waals surface area contributed by atoms with Crippen molar-refractivity contribution in [3.8, 4) is 34.5 Å². The van der Waals surface area contributed by atoms with E-state index < -0.39 is 10.5 Å². The number of para-hydroxylation sites is 1. The minimum Gasteiger partial charge on any atom is -0.477 e. The third kappa shape index (κ3) is 3.35. The number of thiophene rings is 1. The van der Waals surface area contributed by atoms with Gasteiger partial charge in [0.1, 0.15) is 27.0 Å². The van der Waals surface area contributed by atoms with Crippen LogP contribution in [-0.4, -0.2) is 26.5 Å². The standard InChI is InChI=1S/C24H15N5O4S/c1-2-33-23-15(12-25)17(13-8-4-3-5-9-13)18-19-20(34-24(18)28-23)22(30)27-21(26-19)14-10-6-7-11-16(14)29(31)32/h3-11H,2H2,1H3,(H,26,27,30). The topological polar surface area (TPSA) is 135 Å². The second-order valence-corrected chi connectivity index (χ2v) is 8.23. The third-order valence-corrected chi connectivity index (χ3v) is 6.33. The molecule has 5 aromatic rings. The van der Waals surface area contributed by atoms with E-state index in [2.05, 4.69) is 21.0 Å². The number of rotatable bonds is 5. The second-order valence-electron chi connectivity index (χ2n) is 7.23. The van der Waals surface area contributed by atoms with E-state index in [-0.39, 0.29) is 28.5 Å². The van der Waals surface area contributed by atoms with Crippen LogP contribution in [0.2, 0.25) is 0 Å². The van der Waals surface area contributed by atoms with E-state index in [9.17, 15) is 20.2 Å². The number of nitrogens with zero attached hydrogens (tertiary/aromatic N) is 4. The number of hydrogen-bond acceptors (Lipinski definition) is 8. The molecule has 0 bridgehead atoms. The van der Waals surface area contributed by atoms with Crippen LogP contribution < -0.4 is 10.3 Å². The number of aromatic nitrogens is 3. The predicted molar refractivity (Wildman–Crippen MR) is 129 cm³/mol. The van der Waals surface area contributed by atoms with Gasteiger partial charge in [0.15, 0.2) is 0 Å². The molecule has 0 unspecified atom stereocenters. The Balaban J connectivity index is 1.94. The molecule has 0 saturated carbocycles. The number of pyridine rings is 1. The van der Waals surface area contributed by atoms with Gasteiger partial charge in [0.2, 0.25) is 5.88 Å². The summed E-state index contributed by atoms with van der Waals surface area (Å²) in [4.78, 5) is 36.4. The van der Waals surface area contributed by atoms with Gasteiger partial charge in [-0.3, -0.25) is 14.9 Å². The van der Waals surface area contributed by atoms with Gasteiger partial charge in [-0.15, -0.1) is 11.3 Å². The van der Waals surface area contributed by atoms with Crippen molar-refractivity contribution < 1.29 is 9.66 Å². The summed E-state index contributed by atoms with van der Waals surface area (Å²) >= 11 is 1.13. The van der Waals surface area contributed by atoms with E-state index in [0.29, 0.717) is 32.6 Å². The lowest BCUT2D eigenvalue weighted by Gasteiger charge is -2.11. The number of hydrogen-bond donors (Lipinski definition) is 1. The van der Waals surface area contributed by atoms with Crippen molar-refractivity contribution in [1.82, 2.24) is 15.0 Å². The molecular formula is C24H15N5O4S. The molecule has 10 heteroatoms. The van der Waals surface area contributed by atoms with Gasteiger partial charge in [0.05, 0.1) is 22.6 Å². The van der Waals surface area contributed by atoms with Crippen LogP contribution in [-0.2, 0) is 0 Å². The number of aromatic amines is 1. The van der Waals surface area contributed by atoms with Crippen LogP contribution >= 0.6 is 11.3 Å². The summed E-state index contributed by atoms with van der Waals surface area (Å²) in [6.45, 7) is 2.11. The minimum absolute atomic E-state index is 0.0657. The molecule has 0 aliphatic carbocycles. The predicted octanol–water partition coefficient (Wildman–Crippen LogP) is 5.05. The number of nitriles is 1. The summed E-state index contributed by atoms with van der Waals surface area (Å²) in [5.74, 6) is 0.245. The van der Waals surface area contributed by atoms with Crippen LogP contribution in [0.5, 0.6) is 5.88 Å². The highest BCUT2D eigenvalue weighted by atomic mass is 32.1. The number of nitro benzene ring substituents is 1. The molecule has 0 fully saturated rings. The average molecular weight is 469 g/mol. The molecule has 3 aromatic heterocycles. The monoisotopic (exact) mass is 469 g/mol. The van der Waals surface area contributed by atoms with Gasteiger partial charge in [0.25, 0.3) is 11.2 Å². The van der Waals surface area contributed by atoms with Gasteiger partial charge in [0, 0.05) is 17.0 Å². The summed E-state index contributed by atoms with van der Waals surface area (Å²) in [6.07, 6.45) is 0. The smallest absolute Gasteiger partial charge is 0.280 e. The zero-order valence-corrected chi connectivity index (χ0v) is 18.5. The molecule has 0 saturated heterocycles. The number of fused-ring (bicyclic) bond motifs is 3. The van der Waals surface area contributed by atoms with Crippen LogP contribution in [0.15, 0.2) is 59.4 Å². The number of nitrogens with one attached hydrogen (secondary N) is 1. The van der Waals surface area contributed by atoms with E-state index in [0.717, 1.165) is 16.9 Å². The number of ether oxygens (including phenoxy) is 1. The molecule has 3 heterocycles. The molecular weight excluding hydrogens is 454 g/mol. The molecule has 0 radical (unpaired) electrons. The van der Waals surface area contributed by atoms with Crippen LogP contribution in [0, 0.1) is 21.4 Å². The van der Waals surface area contributed by atoms with Crippen molar-refractivity contribution >= 4 is 37.5 Å². The lowest BCUT2D eigenvalue weighted by Crippen LogP contribution is -2.08. The number of benzene rings is 2. The maximum Gasteiger partial charge on any atom is 0.280 e. The van der Waals surface area contributed by atoms with E-state index in [1.807, 2.05) is 30.3 Å². The summed E-state index contributed by atoms with van der Waals surface area (Å²) in [5.41, 5.74) is 1.40. The first kappa shape index (κ1) is 21.2. The largest absolute Gasteiger partial charge is 0.477 e. The van der Waals surface area contributed by atoms with Gasteiger partial charge in [-0.25, -0.2) is 9.97 Å². The van der Waals surface area contributed by atoms with Gasteiger partial charge < -0.3 is 9.72 Å². The molecule has 1 N–H and O–H groups in total. The van der Waals surface area contributed by atoms with Gasteiger partial charge >= 0.3 is 0 Å². The van der Waals surface area contributed by atoms with E-state index >= 15 is 0 Å². The summed E-state index contributed by atoms with van der Waals surface area (Å²) < 4.78 is 5.96. The van der Waals surface area contributed by atoms with Crippen molar-refractivity contribution in [2.24, 2.45) is 0 Å². The van der Waals surface area contributed by atoms with Crippen LogP contribution in [0.25, 0.3) is 42.9 Å². The van der Waals surface area contributed by atoms with Gasteiger partial charge in [-0.2, -0.15) is 5.26 Å². The first-order valence-electron chi connectivity index (χ1n) is 10.3. The fraction of sp³-hybridized carbons (Fsp3) is 0.0833. The Hall–Kier alpha value is -4.62. The van der Waals surface area contributed by atoms with Crippen molar-refractivity contribution in [3.05, 3.63) is 80.6 Å². The molecule has 0 aliphatic rings. The first-order chi connectivity index (χ1) is 16.5. The first-order valence-corrected chi connectivity index (χ1v) is 11.1. The fourth-order valence-electron chi connectivity index (χ4n) is 3.86. The maximum atomic E-state index is 13.1. The molecule has 166 valence electrons. The molecule has 34 heavy (non-hydrogen) atoms. The minimum atomic E-state index is -0.523. The lowest BCUT2D eigenvalue weighted by molar-refractivity contribution is -0.384. The SMILES string of the molecule is CCOc1nc2sc3c(=O)[nH]c(-c4ccccc4[N+](=O)[O-])nc3c2c(-c2ccccc2)c1C#N. The fourth-order valence-corrected chi connectivity index (χ4v) is 4.87. The third-order valence-electron chi connectivity index (χ3n) is 5.25. The molecule has 0 amide bonds. The number of H-pyrrole nitrogens is 1. The molecule has 0 aliphatic heterocycles. The zero-order valence-electron chi connectivity index (χ0n) is 17.7. The van der Waals surface area contributed by atoms with E-state index in [1.165, 1.54) is 12.1 Å². The quantitative estimate of drug-likeness (QED) is 0.281. The molecule has 9 nitrogen and oxygen atoms in total. The summed E-state index contributed by atoms with van der Waals surface area (Å²) in [5, 5.41) is 22.1. The summed E-state index contributed by atoms with van der Waals surface area (Å²) in [7, 11) is 0. The van der Waals surface area contributed by atoms with Crippen LogP contribution in [0.3, 0.4) is 0 Å². The van der Waals surface area contributed by atoms with Crippen molar-refractivity contribution in [1.29, 1.82) is 5.26 Å². The molecule has 0 spiro atoms. The van der Waals surface area contributed by atoms with Crippen LogP contribution in [0.1, 0.15) is 12.5 Å². The highest BCUT2D eigenvalue weighted by Crippen LogP contribution is 2.42. The Morgan fingerprint density at radius 2 is 1.88 bits per heavy atom. The summed E-state index contributed by atoms with van der Waals surface area (Å²) in [6, 6.07) is 17.5. The molecule has 5 rings (SSSR count).